The molecule has 1 amide bonds. The molecular weight excluding hydrogens is 452 g/mol. The van der Waals surface area contributed by atoms with E-state index in [-0.39, 0.29) is 12.1 Å². The molecule has 0 radical (unpaired) electrons. The predicted octanol–water partition coefficient (Wildman–Crippen LogP) is 6.01. The number of hydrogen-bond donors (Lipinski definition) is 1. The Labute approximate surface area is 210 Å². The summed E-state index contributed by atoms with van der Waals surface area (Å²) in [5.41, 5.74) is 2.87. The first-order valence-corrected chi connectivity index (χ1v) is 12.3. The van der Waals surface area contributed by atoms with Crippen LogP contribution < -0.4 is 5.32 Å². The van der Waals surface area contributed by atoms with Crippen LogP contribution in [0.5, 0.6) is 0 Å². The van der Waals surface area contributed by atoms with Gasteiger partial charge in [-0.25, -0.2) is 4.79 Å². The van der Waals surface area contributed by atoms with E-state index in [1.165, 1.54) is 0 Å². The summed E-state index contributed by atoms with van der Waals surface area (Å²) in [6, 6.07) is 16.5. The van der Waals surface area contributed by atoms with Crippen LogP contribution >= 0.6 is 0 Å². The number of benzene rings is 2. The van der Waals surface area contributed by atoms with E-state index in [0.717, 1.165) is 71.1 Å². The molecule has 0 aliphatic carbocycles. The van der Waals surface area contributed by atoms with Crippen molar-refractivity contribution >= 4 is 27.8 Å². The van der Waals surface area contributed by atoms with Gasteiger partial charge in [0.05, 0.1) is 11.6 Å². The van der Waals surface area contributed by atoms with Crippen molar-refractivity contribution in [2.24, 2.45) is 0 Å². The van der Waals surface area contributed by atoms with Crippen molar-refractivity contribution in [1.29, 1.82) is 5.26 Å². The first-order chi connectivity index (χ1) is 17.3. The van der Waals surface area contributed by atoms with Crippen molar-refractivity contribution < 1.29 is 13.9 Å². The van der Waals surface area contributed by atoms with Gasteiger partial charge in [-0.2, -0.15) is 5.26 Å². The van der Waals surface area contributed by atoms with E-state index >= 15 is 0 Å². The summed E-state index contributed by atoms with van der Waals surface area (Å²) >= 11 is 0. The lowest BCUT2D eigenvalue weighted by atomic mass is 9.98. The number of piperidine rings is 1. The minimum atomic E-state index is -0.504. The van der Waals surface area contributed by atoms with E-state index in [1.807, 2.05) is 57.2 Å². The maximum atomic E-state index is 12.1. The second kappa shape index (κ2) is 9.63. The minimum absolute atomic E-state index is 0.105. The number of pyridine rings is 1. The number of fused-ring (bicyclic) bond motifs is 2. The van der Waals surface area contributed by atoms with Crippen LogP contribution in [0.15, 0.2) is 59.3 Å². The van der Waals surface area contributed by atoms with Crippen LogP contribution in [-0.2, 0) is 11.3 Å². The second-order valence-corrected chi connectivity index (χ2v) is 10.4. The number of aromatic nitrogens is 1. The highest BCUT2D eigenvalue weighted by Gasteiger charge is 2.24. The summed E-state index contributed by atoms with van der Waals surface area (Å²) in [7, 11) is 0. The highest BCUT2D eigenvalue weighted by Crippen LogP contribution is 2.34. The van der Waals surface area contributed by atoms with Gasteiger partial charge in [-0.05, 0) is 68.8 Å². The first-order valence-electron chi connectivity index (χ1n) is 12.3. The number of para-hydroxylation sites is 1. The molecular formula is C29H30N4O3. The van der Waals surface area contributed by atoms with Gasteiger partial charge in [-0.15, -0.1) is 0 Å². The van der Waals surface area contributed by atoms with Gasteiger partial charge in [0.1, 0.15) is 16.9 Å². The average Bonchev–Trinajstić information content (AvgIpc) is 3.27. The van der Waals surface area contributed by atoms with Gasteiger partial charge in [0.15, 0.2) is 0 Å². The van der Waals surface area contributed by atoms with E-state index < -0.39 is 5.60 Å². The molecule has 184 valence electrons. The third-order valence-corrected chi connectivity index (χ3v) is 6.46. The van der Waals surface area contributed by atoms with Crippen LogP contribution in [0, 0.1) is 11.3 Å². The molecule has 2 aromatic carbocycles. The number of furan rings is 1. The Kier molecular flexibility index (Phi) is 6.38. The SMILES string of the molecule is CC(C)(C)OC(=O)NC1CCN(Cc2cc(C#N)c3cncc(-c4cc5ccccc5o4)c3c2)CC1. The number of alkyl carbamates (subject to hydrolysis) is 1. The van der Waals surface area contributed by atoms with Crippen molar-refractivity contribution in [3.63, 3.8) is 0 Å². The fourth-order valence-corrected chi connectivity index (χ4v) is 4.79. The van der Waals surface area contributed by atoms with Crippen molar-refractivity contribution in [2.45, 2.75) is 51.8 Å². The molecule has 1 aliphatic heterocycles. The molecule has 1 fully saturated rings. The highest BCUT2D eigenvalue weighted by atomic mass is 16.6. The largest absolute Gasteiger partial charge is 0.456 e. The zero-order chi connectivity index (χ0) is 25.3. The first kappa shape index (κ1) is 23.8. The van der Waals surface area contributed by atoms with Crippen LogP contribution in [-0.4, -0.2) is 40.7 Å². The zero-order valence-corrected chi connectivity index (χ0v) is 20.9. The van der Waals surface area contributed by atoms with E-state index in [2.05, 4.69) is 27.3 Å². The summed E-state index contributed by atoms with van der Waals surface area (Å²) in [5, 5.41) is 15.7. The Morgan fingerprint density at radius 3 is 2.67 bits per heavy atom. The molecule has 3 heterocycles. The van der Waals surface area contributed by atoms with Crippen LogP contribution in [0.2, 0.25) is 0 Å². The van der Waals surface area contributed by atoms with Crippen molar-refractivity contribution in [2.75, 3.05) is 13.1 Å². The number of rotatable bonds is 4. The van der Waals surface area contributed by atoms with Crippen molar-refractivity contribution in [1.82, 2.24) is 15.2 Å². The number of carbonyl (C=O) groups is 1. The topological polar surface area (TPSA) is 91.4 Å². The third-order valence-electron chi connectivity index (χ3n) is 6.46. The van der Waals surface area contributed by atoms with Crippen molar-refractivity contribution in [3.8, 4) is 17.4 Å². The van der Waals surface area contributed by atoms with Crippen LogP contribution in [0.25, 0.3) is 33.1 Å². The second-order valence-electron chi connectivity index (χ2n) is 10.4. The quantitative estimate of drug-likeness (QED) is 0.383. The Morgan fingerprint density at radius 1 is 1.17 bits per heavy atom. The Hall–Kier alpha value is -3.89. The zero-order valence-electron chi connectivity index (χ0n) is 20.9. The molecule has 0 atom stereocenters. The fourth-order valence-electron chi connectivity index (χ4n) is 4.79. The van der Waals surface area contributed by atoms with Gasteiger partial charge < -0.3 is 14.5 Å². The maximum Gasteiger partial charge on any atom is 0.407 e. The molecule has 0 saturated carbocycles. The van der Waals surface area contributed by atoms with Crippen LogP contribution in [0.1, 0.15) is 44.7 Å². The Balaban J connectivity index is 1.35. The molecule has 7 nitrogen and oxygen atoms in total. The van der Waals surface area contributed by atoms with Gasteiger partial charge in [0.2, 0.25) is 0 Å². The van der Waals surface area contributed by atoms with Crippen LogP contribution in [0.4, 0.5) is 4.79 Å². The minimum Gasteiger partial charge on any atom is -0.456 e. The molecule has 7 heteroatoms. The lowest BCUT2D eigenvalue weighted by Gasteiger charge is -2.33. The number of nitrogens with one attached hydrogen (secondary N) is 1. The molecule has 2 aromatic heterocycles. The highest BCUT2D eigenvalue weighted by molar-refractivity contribution is 5.99. The summed E-state index contributed by atoms with van der Waals surface area (Å²) in [6.07, 6.45) is 4.90. The predicted molar refractivity (Wildman–Crippen MR) is 139 cm³/mol. The molecule has 1 saturated heterocycles. The Bertz CT molecular complexity index is 1420. The average molecular weight is 483 g/mol. The number of carbonyl (C=O) groups excluding carboxylic acids is 1. The number of hydrogen-bond acceptors (Lipinski definition) is 6. The monoisotopic (exact) mass is 482 g/mol. The summed E-state index contributed by atoms with van der Waals surface area (Å²) in [5.74, 6) is 0.740. The van der Waals surface area contributed by atoms with E-state index in [1.54, 1.807) is 12.4 Å². The van der Waals surface area contributed by atoms with Gasteiger partial charge >= 0.3 is 6.09 Å². The molecule has 0 bridgehead atoms. The summed E-state index contributed by atoms with van der Waals surface area (Å²) < 4.78 is 11.5. The molecule has 5 rings (SSSR count). The number of likely N-dealkylation sites (tertiary alicyclic amines) is 1. The van der Waals surface area contributed by atoms with E-state index in [4.69, 9.17) is 9.15 Å². The number of ether oxygens (including phenoxy) is 1. The summed E-state index contributed by atoms with van der Waals surface area (Å²) in [4.78, 5) is 18.9. The summed E-state index contributed by atoms with van der Waals surface area (Å²) in [6.45, 7) is 8.03. The standard InChI is InChI=1S/C29H30N4O3/c1-29(2,3)36-28(34)32-22-8-10-33(11-9-22)18-19-12-21(15-30)24-16-31-17-25(23(24)13-19)27-14-20-6-4-5-7-26(20)35-27/h4-7,12-14,16-17,22H,8-11,18H2,1-3H3,(H,32,34). The lowest BCUT2D eigenvalue weighted by Crippen LogP contribution is -2.45. The van der Waals surface area contributed by atoms with Crippen LogP contribution in [0.3, 0.4) is 0 Å². The maximum absolute atomic E-state index is 12.1. The molecule has 0 spiro atoms. The van der Waals surface area contributed by atoms with E-state index in [0.29, 0.717) is 5.56 Å². The van der Waals surface area contributed by atoms with Gasteiger partial charge in [0, 0.05) is 54.4 Å². The Morgan fingerprint density at radius 2 is 1.94 bits per heavy atom. The van der Waals surface area contributed by atoms with Gasteiger partial charge in [0.25, 0.3) is 0 Å². The van der Waals surface area contributed by atoms with Gasteiger partial charge in [-0.1, -0.05) is 18.2 Å². The molecule has 4 aromatic rings. The number of nitrogens with zero attached hydrogens (tertiary/aromatic N) is 3. The number of nitriles is 1. The normalized spacial score (nSPS) is 15.2. The van der Waals surface area contributed by atoms with Crippen molar-refractivity contribution in [3.05, 3.63) is 66.0 Å². The molecule has 1 aliphatic rings. The smallest absolute Gasteiger partial charge is 0.407 e. The van der Waals surface area contributed by atoms with E-state index in [9.17, 15) is 10.1 Å². The van der Waals surface area contributed by atoms with Gasteiger partial charge in [-0.3, -0.25) is 9.88 Å². The fraction of sp³-hybridized carbons (Fsp3) is 0.345. The third kappa shape index (κ3) is 5.19. The number of amides is 1. The molecule has 1 N–H and O–H groups in total. The lowest BCUT2D eigenvalue weighted by molar-refractivity contribution is 0.0477. The molecule has 36 heavy (non-hydrogen) atoms. The molecule has 0 unspecified atom stereocenters.